The van der Waals surface area contributed by atoms with Crippen molar-refractivity contribution < 1.29 is 4.74 Å². The third-order valence-electron chi connectivity index (χ3n) is 4.07. The van der Waals surface area contributed by atoms with E-state index in [2.05, 4.69) is 4.98 Å². The first-order valence-electron chi connectivity index (χ1n) is 7.04. The maximum absolute atomic E-state index is 12.2. The molecule has 98 valence electrons. The van der Waals surface area contributed by atoms with Crippen molar-refractivity contribution in [3.05, 3.63) is 27.4 Å². The number of aryl methyl sites for hydroxylation is 1. The van der Waals surface area contributed by atoms with Gasteiger partial charge in [0, 0.05) is 24.7 Å². The average Bonchev–Trinajstić information content (AvgIpc) is 2.65. The first kappa shape index (κ1) is 11.9. The summed E-state index contributed by atoms with van der Waals surface area (Å²) in [6.07, 6.45) is 7.30. The number of hydrogen-bond donors (Lipinski definition) is 1. The molecule has 1 N–H and O–H groups in total. The number of hydrogen-bond acceptors (Lipinski definition) is 3. The van der Waals surface area contributed by atoms with Gasteiger partial charge in [-0.1, -0.05) is 6.42 Å². The fourth-order valence-corrected chi connectivity index (χ4v) is 2.96. The summed E-state index contributed by atoms with van der Waals surface area (Å²) in [5, 5.41) is 0. The molecule has 18 heavy (non-hydrogen) atoms. The molecule has 0 saturated carbocycles. The van der Waals surface area contributed by atoms with Crippen molar-refractivity contribution in [2.75, 3.05) is 13.2 Å². The summed E-state index contributed by atoms with van der Waals surface area (Å²) in [5.74, 6) is 1.27. The van der Waals surface area contributed by atoms with Gasteiger partial charge in [-0.2, -0.15) is 0 Å². The number of fused-ring (bicyclic) bond motifs is 1. The van der Waals surface area contributed by atoms with Gasteiger partial charge in [-0.05, 0) is 38.5 Å². The molecule has 3 rings (SSSR count). The maximum atomic E-state index is 12.2. The average molecular weight is 248 g/mol. The molecular formula is C14H20N2O2. The Labute approximate surface area is 107 Å². The quantitative estimate of drug-likeness (QED) is 0.773. The Morgan fingerprint density at radius 3 is 2.72 bits per heavy atom. The number of H-pyrrole nitrogens is 1. The lowest BCUT2D eigenvalue weighted by molar-refractivity contribution is 0.0834. The summed E-state index contributed by atoms with van der Waals surface area (Å²) in [4.78, 5) is 19.9. The minimum absolute atomic E-state index is 0.100. The van der Waals surface area contributed by atoms with Crippen LogP contribution in [0.4, 0.5) is 0 Å². The van der Waals surface area contributed by atoms with Crippen molar-refractivity contribution in [3.63, 3.8) is 0 Å². The van der Waals surface area contributed by atoms with Crippen molar-refractivity contribution in [3.8, 4) is 0 Å². The van der Waals surface area contributed by atoms with Crippen molar-refractivity contribution in [2.45, 2.75) is 50.9 Å². The van der Waals surface area contributed by atoms with Gasteiger partial charge in [0.15, 0.2) is 0 Å². The Bertz CT molecular complexity index is 475. The standard InChI is InChI=1S/C14H20N2O2/c17-14-11-4-2-1-3-5-12(11)15-13(16-14)10-6-8-18-9-7-10/h10H,1-9H2,(H,15,16,17). The van der Waals surface area contributed by atoms with Crippen LogP contribution in [0.15, 0.2) is 4.79 Å². The van der Waals surface area contributed by atoms with Crippen LogP contribution in [0.25, 0.3) is 0 Å². The van der Waals surface area contributed by atoms with E-state index in [9.17, 15) is 4.79 Å². The summed E-state index contributed by atoms with van der Waals surface area (Å²) in [6.45, 7) is 1.57. The fraction of sp³-hybridized carbons (Fsp3) is 0.714. The molecule has 4 heteroatoms. The number of aromatic amines is 1. The van der Waals surface area contributed by atoms with Crippen molar-refractivity contribution in [1.82, 2.24) is 9.97 Å². The highest BCUT2D eigenvalue weighted by atomic mass is 16.5. The number of ether oxygens (including phenoxy) is 1. The third kappa shape index (κ3) is 2.34. The zero-order valence-corrected chi connectivity index (χ0v) is 10.7. The zero-order chi connectivity index (χ0) is 12.4. The number of nitrogens with zero attached hydrogens (tertiary/aromatic N) is 1. The van der Waals surface area contributed by atoms with Crippen LogP contribution < -0.4 is 5.56 Å². The predicted octanol–water partition coefficient (Wildman–Crippen LogP) is 1.93. The SMILES string of the molecule is O=c1[nH]c(C2CCOCC2)nc2c1CCCCC2. The van der Waals surface area contributed by atoms with Crippen LogP contribution in [0, 0.1) is 0 Å². The van der Waals surface area contributed by atoms with Gasteiger partial charge in [0.05, 0.1) is 5.69 Å². The molecule has 1 aliphatic heterocycles. The Kier molecular flexibility index (Phi) is 3.46. The van der Waals surface area contributed by atoms with E-state index in [0.717, 1.165) is 68.8 Å². The van der Waals surface area contributed by atoms with E-state index < -0.39 is 0 Å². The summed E-state index contributed by atoms with van der Waals surface area (Å²) >= 11 is 0. The van der Waals surface area contributed by atoms with Crippen molar-refractivity contribution >= 4 is 0 Å². The highest BCUT2D eigenvalue weighted by Gasteiger charge is 2.21. The van der Waals surface area contributed by atoms with Gasteiger partial charge in [-0.15, -0.1) is 0 Å². The smallest absolute Gasteiger partial charge is 0.254 e. The second kappa shape index (κ2) is 5.22. The van der Waals surface area contributed by atoms with Gasteiger partial charge in [-0.3, -0.25) is 4.79 Å². The lowest BCUT2D eigenvalue weighted by atomic mass is 9.99. The van der Waals surface area contributed by atoms with E-state index in [1.165, 1.54) is 6.42 Å². The first-order chi connectivity index (χ1) is 8.84. The molecule has 1 aromatic rings. The lowest BCUT2D eigenvalue weighted by Gasteiger charge is -2.21. The van der Waals surface area contributed by atoms with Crippen LogP contribution in [0.3, 0.4) is 0 Å². The summed E-state index contributed by atoms with van der Waals surface area (Å²) < 4.78 is 5.36. The molecule has 4 nitrogen and oxygen atoms in total. The second-order valence-corrected chi connectivity index (χ2v) is 5.32. The van der Waals surface area contributed by atoms with Gasteiger partial charge >= 0.3 is 0 Å². The highest BCUT2D eigenvalue weighted by Crippen LogP contribution is 2.25. The zero-order valence-electron chi connectivity index (χ0n) is 10.7. The molecule has 1 fully saturated rings. The molecule has 0 atom stereocenters. The fourth-order valence-electron chi connectivity index (χ4n) is 2.96. The molecule has 1 aromatic heterocycles. The summed E-state index contributed by atoms with van der Waals surface area (Å²) in [6, 6.07) is 0. The topological polar surface area (TPSA) is 55.0 Å². The van der Waals surface area contributed by atoms with E-state index in [1.807, 2.05) is 0 Å². The van der Waals surface area contributed by atoms with E-state index in [1.54, 1.807) is 0 Å². The van der Waals surface area contributed by atoms with Crippen LogP contribution in [-0.4, -0.2) is 23.2 Å². The Morgan fingerprint density at radius 2 is 1.89 bits per heavy atom. The molecule has 0 bridgehead atoms. The van der Waals surface area contributed by atoms with Gasteiger partial charge in [0.2, 0.25) is 0 Å². The molecule has 0 unspecified atom stereocenters. The molecule has 0 aromatic carbocycles. The molecule has 1 aliphatic carbocycles. The molecule has 0 radical (unpaired) electrons. The molecule has 0 spiro atoms. The van der Waals surface area contributed by atoms with E-state index >= 15 is 0 Å². The van der Waals surface area contributed by atoms with Crippen LogP contribution in [0.5, 0.6) is 0 Å². The first-order valence-corrected chi connectivity index (χ1v) is 7.04. The maximum Gasteiger partial charge on any atom is 0.254 e. The third-order valence-corrected chi connectivity index (χ3v) is 4.07. The predicted molar refractivity (Wildman–Crippen MR) is 68.9 cm³/mol. The van der Waals surface area contributed by atoms with Crippen LogP contribution in [0.1, 0.15) is 55.1 Å². The van der Waals surface area contributed by atoms with Gasteiger partial charge < -0.3 is 9.72 Å². The van der Waals surface area contributed by atoms with Crippen molar-refractivity contribution in [2.24, 2.45) is 0 Å². The largest absolute Gasteiger partial charge is 0.381 e. The Morgan fingerprint density at radius 1 is 1.11 bits per heavy atom. The number of rotatable bonds is 1. The molecule has 2 heterocycles. The van der Waals surface area contributed by atoms with Gasteiger partial charge in [0.25, 0.3) is 5.56 Å². The van der Waals surface area contributed by atoms with E-state index in [4.69, 9.17) is 9.72 Å². The molecule has 1 saturated heterocycles. The normalized spacial score (nSPS) is 21.3. The van der Waals surface area contributed by atoms with E-state index in [-0.39, 0.29) is 5.56 Å². The minimum atomic E-state index is 0.100. The lowest BCUT2D eigenvalue weighted by Crippen LogP contribution is -2.24. The molecular weight excluding hydrogens is 228 g/mol. The Balaban J connectivity index is 1.94. The summed E-state index contributed by atoms with van der Waals surface area (Å²) in [5.41, 5.74) is 2.09. The number of nitrogens with one attached hydrogen (secondary N) is 1. The van der Waals surface area contributed by atoms with Crippen molar-refractivity contribution in [1.29, 1.82) is 0 Å². The molecule has 2 aliphatic rings. The molecule has 0 amide bonds. The monoisotopic (exact) mass is 248 g/mol. The van der Waals surface area contributed by atoms with Crippen LogP contribution in [-0.2, 0) is 17.6 Å². The minimum Gasteiger partial charge on any atom is -0.381 e. The van der Waals surface area contributed by atoms with Gasteiger partial charge in [-0.25, -0.2) is 4.98 Å². The highest BCUT2D eigenvalue weighted by molar-refractivity contribution is 5.20. The van der Waals surface area contributed by atoms with Crippen LogP contribution >= 0.6 is 0 Å². The van der Waals surface area contributed by atoms with Gasteiger partial charge in [0.1, 0.15) is 5.82 Å². The Hall–Kier alpha value is -1.16. The number of aromatic nitrogens is 2. The summed E-state index contributed by atoms with van der Waals surface area (Å²) in [7, 11) is 0. The second-order valence-electron chi connectivity index (χ2n) is 5.32. The van der Waals surface area contributed by atoms with Crippen LogP contribution in [0.2, 0.25) is 0 Å². The van der Waals surface area contributed by atoms with E-state index in [0.29, 0.717) is 5.92 Å².